The molecule has 0 saturated heterocycles. The van der Waals surface area contributed by atoms with E-state index in [0.29, 0.717) is 11.8 Å². The Morgan fingerprint density at radius 2 is 1.57 bits per heavy atom. The Morgan fingerprint density at radius 1 is 1.14 bits per heavy atom. The van der Waals surface area contributed by atoms with E-state index >= 15 is 0 Å². The molecule has 3 nitrogen and oxygen atoms in total. The van der Waals surface area contributed by atoms with Crippen molar-refractivity contribution in [3.8, 4) is 0 Å². The van der Waals surface area contributed by atoms with Gasteiger partial charge >= 0.3 is 8.46 Å². The maximum Gasteiger partial charge on any atom is 0.334 e. The van der Waals surface area contributed by atoms with Gasteiger partial charge in [-0.3, -0.25) is 4.79 Å². The molecule has 1 amide bonds. The van der Waals surface area contributed by atoms with Crippen LogP contribution in [0.1, 0.15) is 27.7 Å². The lowest BCUT2D eigenvalue weighted by Crippen LogP contribution is -2.37. The summed E-state index contributed by atoms with van der Waals surface area (Å²) in [7, 11) is -0.517. The maximum absolute atomic E-state index is 11.5. The molecule has 0 saturated carbocycles. The summed E-state index contributed by atoms with van der Waals surface area (Å²) in [6.07, 6.45) is 0.166. The summed E-state index contributed by atoms with van der Waals surface area (Å²) in [5.41, 5.74) is 0. The molecule has 1 atom stereocenters. The zero-order valence-electron chi connectivity index (χ0n) is 9.54. The van der Waals surface area contributed by atoms with Crippen LogP contribution >= 0.6 is 8.46 Å². The first kappa shape index (κ1) is 13.6. The van der Waals surface area contributed by atoms with Crippen molar-refractivity contribution in [1.29, 1.82) is 0 Å². The molecule has 0 aromatic rings. The van der Waals surface area contributed by atoms with Crippen LogP contribution in [-0.2, 0) is 9.36 Å². The number of amides is 1. The van der Waals surface area contributed by atoms with E-state index in [4.69, 9.17) is 0 Å². The molecule has 0 spiro atoms. The van der Waals surface area contributed by atoms with Gasteiger partial charge < -0.3 is 4.90 Å². The highest BCUT2D eigenvalue weighted by Gasteiger charge is 2.18. The highest BCUT2D eigenvalue weighted by Crippen LogP contribution is 2.06. The summed E-state index contributed by atoms with van der Waals surface area (Å²) in [5, 5.41) is 0. The highest BCUT2D eigenvalue weighted by molar-refractivity contribution is 7.25. The smallest absolute Gasteiger partial charge is 0.334 e. The second kappa shape index (κ2) is 6.94. The van der Waals surface area contributed by atoms with Crippen LogP contribution in [0.5, 0.6) is 0 Å². The fourth-order valence-corrected chi connectivity index (χ4v) is 1.68. The van der Waals surface area contributed by atoms with Crippen molar-refractivity contribution in [1.82, 2.24) is 4.90 Å². The third-order valence-electron chi connectivity index (χ3n) is 1.75. The molecule has 0 aliphatic rings. The van der Waals surface area contributed by atoms with Crippen molar-refractivity contribution in [2.45, 2.75) is 27.7 Å². The fraction of sp³-hybridized carbons (Fsp3) is 0.900. The first-order chi connectivity index (χ1) is 6.47. The number of rotatable bonds is 6. The van der Waals surface area contributed by atoms with Crippen LogP contribution in [0.2, 0.25) is 0 Å². The van der Waals surface area contributed by atoms with Crippen molar-refractivity contribution in [2.75, 3.05) is 19.3 Å². The summed E-state index contributed by atoms with van der Waals surface area (Å²) in [4.78, 5) is 13.4. The van der Waals surface area contributed by atoms with Gasteiger partial charge in [0, 0.05) is 13.1 Å². The topological polar surface area (TPSA) is 37.4 Å². The normalized spacial score (nSPS) is 11.3. The molecule has 0 heterocycles. The van der Waals surface area contributed by atoms with Crippen LogP contribution < -0.4 is 0 Å². The first-order valence-electron chi connectivity index (χ1n) is 5.10. The van der Waals surface area contributed by atoms with Gasteiger partial charge in [-0.2, -0.15) is 0 Å². The van der Waals surface area contributed by atoms with Crippen LogP contribution in [0.15, 0.2) is 0 Å². The van der Waals surface area contributed by atoms with Gasteiger partial charge in [0.25, 0.3) is 5.91 Å². The Kier molecular flexibility index (Phi) is 6.73. The van der Waals surface area contributed by atoms with Gasteiger partial charge in [-0.25, -0.2) is 0 Å². The zero-order valence-corrected chi connectivity index (χ0v) is 10.5. The summed E-state index contributed by atoms with van der Waals surface area (Å²) < 4.78 is 10.4. The monoisotopic (exact) mass is 218 g/mol. The Hall–Kier alpha value is -0.430. The molecule has 0 fully saturated rings. The van der Waals surface area contributed by atoms with Crippen molar-refractivity contribution in [3.05, 3.63) is 0 Å². The molecule has 1 unspecified atom stereocenters. The minimum Gasteiger partial charge on any atom is -0.339 e. The second-order valence-electron chi connectivity index (χ2n) is 4.41. The largest absolute Gasteiger partial charge is 0.339 e. The number of hydrogen-bond acceptors (Lipinski definition) is 2. The van der Waals surface area contributed by atoms with Gasteiger partial charge in [-0.05, 0) is 11.8 Å². The molecule has 0 N–H and O–H groups in total. The minimum atomic E-state index is -0.517. The number of hydrogen-bond donors (Lipinski definition) is 0. The van der Waals surface area contributed by atoms with Gasteiger partial charge in [0.15, 0.2) is 0 Å². The number of nitrogens with zero attached hydrogens (tertiary/aromatic N) is 1. The van der Waals surface area contributed by atoms with Gasteiger partial charge in [0.1, 0.15) is 0 Å². The predicted molar refractivity (Wildman–Crippen MR) is 60.1 cm³/mol. The minimum absolute atomic E-state index is 0.0146. The lowest BCUT2D eigenvalue weighted by molar-refractivity contribution is -0.129. The molecule has 0 aromatic carbocycles. The summed E-state index contributed by atoms with van der Waals surface area (Å²) >= 11 is 0. The van der Waals surface area contributed by atoms with E-state index in [0.717, 1.165) is 13.1 Å². The van der Waals surface area contributed by atoms with Crippen molar-refractivity contribution in [3.63, 3.8) is 0 Å². The predicted octanol–water partition coefficient (Wildman–Crippen LogP) is 2.15. The third kappa shape index (κ3) is 6.09. The highest BCUT2D eigenvalue weighted by atomic mass is 31.1. The summed E-state index contributed by atoms with van der Waals surface area (Å²) in [6, 6.07) is 0. The van der Waals surface area contributed by atoms with Crippen molar-refractivity contribution < 1.29 is 9.36 Å². The molecule has 0 aliphatic heterocycles. The van der Waals surface area contributed by atoms with E-state index in [1.54, 1.807) is 0 Å². The van der Waals surface area contributed by atoms with Gasteiger partial charge in [-0.1, -0.05) is 32.3 Å². The lowest BCUT2D eigenvalue weighted by Gasteiger charge is -2.24. The summed E-state index contributed by atoms with van der Waals surface area (Å²) in [6.45, 7) is 9.86. The Labute approximate surface area is 88.1 Å². The van der Waals surface area contributed by atoms with Crippen molar-refractivity contribution >= 4 is 14.4 Å². The number of carbonyl (C=O) groups is 1. The van der Waals surface area contributed by atoms with Crippen LogP contribution in [0.25, 0.3) is 0 Å². The average Bonchev–Trinajstić information content (AvgIpc) is 2.01. The Bertz CT molecular complexity index is 183. The molecule has 0 aromatic heterocycles. The third-order valence-corrected chi connectivity index (χ3v) is 2.19. The average molecular weight is 218 g/mol. The molecular weight excluding hydrogens is 197 g/mol. The Morgan fingerprint density at radius 3 is 1.86 bits per heavy atom. The van der Waals surface area contributed by atoms with Crippen molar-refractivity contribution in [2.24, 2.45) is 11.8 Å². The standard InChI is InChI=1S/C10H20NO2P/c1-8(2)5-11(6-9(3)4)10(12)7-14-13/h8-9H,5-7H2,1-4H3/p+1. The molecule has 82 valence electrons. The fourth-order valence-electron chi connectivity index (χ4n) is 1.33. The molecule has 4 heteroatoms. The maximum atomic E-state index is 11.5. The molecule has 0 radical (unpaired) electrons. The molecule has 0 bridgehead atoms. The van der Waals surface area contributed by atoms with Gasteiger partial charge in [0.05, 0.1) is 0 Å². The zero-order chi connectivity index (χ0) is 11.1. The molecular formula is C10H21NO2P+. The SMILES string of the molecule is CC(C)CN(CC(C)C)C(=O)C[PH+]=O. The first-order valence-corrected chi connectivity index (χ1v) is 6.21. The van der Waals surface area contributed by atoms with Crippen LogP contribution in [0, 0.1) is 11.8 Å². The Balaban J connectivity index is 4.22. The van der Waals surface area contributed by atoms with E-state index in [1.807, 2.05) is 4.90 Å². The second-order valence-corrected chi connectivity index (χ2v) is 5.05. The molecule has 14 heavy (non-hydrogen) atoms. The van der Waals surface area contributed by atoms with E-state index in [2.05, 4.69) is 27.7 Å². The quantitative estimate of drug-likeness (QED) is 0.640. The van der Waals surface area contributed by atoms with Gasteiger partial charge in [-0.15, -0.1) is 0 Å². The van der Waals surface area contributed by atoms with Gasteiger partial charge in [0.2, 0.25) is 6.16 Å². The number of carbonyl (C=O) groups excluding carboxylic acids is 1. The van der Waals surface area contributed by atoms with Crippen LogP contribution in [0.4, 0.5) is 0 Å². The lowest BCUT2D eigenvalue weighted by atomic mass is 10.1. The van der Waals surface area contributed by atoms with Crippen LogP contribution in [0.3, 0.4) is 0 Å². The molecule has 0 aliphatic carbocycles. The van der Waals surface area contributed by atoms with E-state index in [-0.39, 0.29) is 12.1 Å². The van der Waals surface area contributed by atoms with E-state index in [9.17, 15) is 9.36 Å². The summed E-state index contributed by atoms with van der Waals surface area (Å²) in [5.74, 6) is 0.945. The van der Waals surface area contributed by atoms with E-state index < -0.39 is 8.46 Å². The molecule has 0 rings (SSSR count). The van der Waals surface area contributed by atoms with E-state index in [1.165, 1.54) is 0 Å². The van der Waals surface area contributed by atoms with Crippen LogP contribution in [-0.4, -0.2) is 30.1 Å².